The maximum Gasteiger partial charge on any atom is 0.330 e. The molecule has 0 bridgehead atoms. The van der Waals surface area contributed by atoms with E-state index in [1.54, 1.807) is 13.0 Å². The Labute approximate surface area is 142 Å². The summed E-state index contributed by atoms with van der Waals surface area (Å²) in [6, 6.07) is 5.79. The van der Waals surface area contributed by atoms with E-state index in [2.05, 4.69) is 20.4 Å². The van der Waals surface area contributed by atoms with Crippen LogP contribution in [-0.2, 0) is 9.53 Å². The summed E-state index contributed by atoms with van der Waals surface area (Å²) in [6.45, 7) is 4.59. The zero-order chi connectivity index (χ0) is 18.8. The van der Waals surface area contributed by atoms with Crippen LogP contribution in [0.1, 0.15) is 30.0 Å². The number of nitro groups is 1. The molecule has 2 aromatic rings. The van der Waals surface area contributed by atoms with Crippen LogP contribution in [0.4, 0.5) is 5.69 Å². The van der Waals surface area contributed by atoms with E-state index in [1.807, 2.05) is 0 Å². The molecule has 1 aromatic heterocycles. The van der Waals surface area contributed by atoms with Crippen LogP contribution in [0.3, 0.4) is 0 Å². The van der Waals surface area contributed by atoms with E-state index in [0.29, 0.717) is 11.4 Å². The number of aromatic nitrogens is 3. The lowest BCUT2D eigenvalue weighted by Gasteiger charge is -2.22. The molecule has 0 saturated heterocycles. The van der Waals surface area contributed by atoms with Crippen LogP contribution in [0, 0.1) is 17.0 Å². The molecular formula is C15H17N5O5. The highest BCUT2D eigenvalue weighted by molar-refractivity contribution is 5.97. The maximum atomic E-state index is 12.4. The van der Waals surface area contributed by atoms with Crippen molar-refractivity contribution in [1.82, 2.24) is 20.3 Å². The Hall–Kier alpha value is -3.30. The molecule has 0 fully saturated rings. The highest BCUT2D eigenvalue weighted by atomic mass is 16.6. The van der Waals surface area contributed by atoms with E-state index in [4.69, 9.17) is 0 Å². The van der Waals surface area contributed by atoms with Gasteiger partial charge in [0.2, 0.25) is 0 Å². The summed E-state index contributed by atoms with van der Waals surface area (Å²) >= 11 is 0. The van der Waals surface area contributed by atoms with Gasteiger partial charge in [0.05, 0.1) is 23.4 Å². The van der Waals surface area contributed by atoms with Gasteiger partial charge in [-0.1, -0.05) is 11.3 Å². The number of amides is 1. The molecule has 10 nitrogen and oxygen atoms in total. The van der Waals surface area contributed by atoms with E-state index in [0.717, 1.165) is 0 Å². The maximum absolute atomic E-state index is 12.4. The molecule has 1 heterocycles. The Morgan fingerprint density at radius 3 is 2.64 bits per heavy atom. The number of esters is 1. The lowest BCUT2D eigenvalue weighted by Crippen LogP contribution is -2.50. The van der Waals surface area contributed by atoms with Gasteiger partial charge in [0.1, 0.15) is 5.54 Å². The molecule has 0 saturated carbocycles. The van der Waals surface area contributed by atoms with E-state index >= 15 is 0 Å². The third kappa shape index (κ3) is 3.62. The van der Waals surface area contributed by atoms with Crippen molar-refractivity contribution >= 4 is 17.6 Å². The molecule has 132 valence electrons. The fourth-order valence-electron chi connectivity index (χ4n) is 2.17. The summed E-state index contributed by atoms with van der Waals surface area (Å²) in [4.78, 5) is 34.4. The van der Waals surface area contributed by atoms with Crippen LogP contribution in [0.5, 0.6) is 0 Å². The van der Waals surface area contributed by atoms with Crippen LogP contribution >= 0.6 is 0 Å². The third-order valence-corrected chi connectivity index (χ3v) is 3.52. The molecule has 0 radical (unpaired) electrons. The highest BCUT2D eigenvalue weighted by Gasteiger charge is 2.32. The predicted octanol–water partition coefficient (Wildman–Crippen LogP) is 1.17. The van der Waals surface area contributed by atoms with Gasteiger partial charge in [-0.15, -0.1) is 5.10 Å². The van der Waals surface area contributed by atoms with E-state index in [1.165, 1.54) is 43.8 Å². The number of methoxy groups -OCH3 is 1. The summed E-state index contributed by atoms with van der Waals surface area (Å²) in [5.41, 5.74) is -0.578. The standard InChI is InChI=1S/C15H17N5O5/c1-9-12(13(21)16-15(2,3)14(22)25-4)17-18-19(9)10-6-5-7-11(8-10)20(23)24/h5-8H,1-4H3,(H,16,21). The van der Waals surface area contributed by atoms with Gasteiger partial charge in [-0.2, -0.15) is 0 Å². The van der Waals surface area contributed by atoms with Crippen LogP contribution in [0.2, 0.25) is 0 Å². The second-order valence-electron chi connectivity index (χ2n) is 5.78. The quantitative estimate of drug-likeness (QED) is 0.488. The number of ether oxygens (including phenoxy) is 1. The number of nitrogens with one attached hydrogen (secondary N) is 1. The van der Waals surface area contributed by atoms with Crippen LogP contribution in [0.15, 0.2) is 24.3 Å². The smallest absolute Gasteiger partial charge is 0.330 e. The Kier molecular flexibility index (Phi) is 4.82. The molecule has 0 aliphatic rings. The summed E-state index contributed by atoms with van der Waals surface area (Å²) < 4.78 is 5.95. The monoisotopic (exact) mass is 347 g/mol. The summed E-state index contributed by atoms with van der Waals surface area (Å²) in [6.07, 6.45) is 0. The summed E-state index contributed by atoms with van der Waals surface area (Å²) in [5, 5.41) is 21.1. The minimum absolute atomic E-state index is 0.00323. The second-order valence-corrected chi connectivity index (χ2v) is 5.78. The lowest BCUT2D eigenvalue weighted by atomic mass is 10.1. The van der Waals surface area contributed by atoms with Gasteiger partial charge in [0.25, 0.3) is 11.6 Å². The molecule has 0 spiro atoms. The number of benzene rings is 1. The van der Waals surface area contributed by atoms with Crippen LogP contribution < -0.4 is 5.32 Å². The van der Waals surface area contributed by atoms with Crippen molar-refractivity contribution in [2.24, 2.45) is 0 Å². The number of carbonyl (C=O) groups excluding carboxylic acids is 2. The average molecular weight is 347 g/mol. The van der Waals surface area contributed by atoms with Crippen molar-refractivity contribution in [1.29, 1.82) is 0 Å². The minimum Gasteiger partial charge on any atom is -0.467 e. The van der Waals surface area contributed by atoms with E-state index in [9.17, 15) is 19.7 Å². The number of nitrogens with zero attached hydrogens (tertiary/aromatic N) is 4. The first-order valence-electron chi connectivity index (χ1n) is 7.25. The van der Waals surface area contributed by atoms with Gasteiger partial charge >= 0.3 is 5.97 Å². The molecule has 0 aliphatic heterocycles. The molecule has 25 heavy (non-hydrogen) atoms. The van der Waals surface area contributed by atoms with Crippen LogP contribution in [-0.4, -0.2) is 44.4 Å². The van der Waals surface area contributed by atoms with Gasteiger partial charge in [0, 0.05) is 12.1 Å². The van der Waals surface area contributed by atoms with Gasteiger partial charge in [-0.05, 0) is 26.8 Å². The molecule has 0 atom stereocenters. The zero-order valence-electron chi connectivity index (χ0n) is 14.1. The molecular weight excluding hydrogens is 330 g/mol. The summed E-state index contributed by atoms with van der Waals surface area (Å²) in [7, 11) is 1.22. The largest absolute Gasteiger partial charge is 0.467 e. The van der Waals surface area contributed by atoms with Gasteiger partial charge < -0.3 is 10.1 Å². The molecule has 0 aliphatic carbocycles. The number of rotatable bonds is 5. The SMILES string of the molecule is COC(=O)C(C)(C)NC(=O)c1nnn(-c2cccc([N+](=O)[O-])c2)c1C. The average Bonchev–Trinajstić information content (AvgIpc) is 2.95. The van der Waals surface area contributed by atoms with Crippen molar-refractivity contribution in [2.45, 2.75) is 26.3 Å². The van der Waals surface area contributed by atoms with Crippen molar-refractivity contribution in [3.05, 3.63) is 45.8 Å². The first-order chi connectivity index (χ1) is 11.7. The number of hydrogen-bond donors (Lipinski definition) is 1. The fourth-order valence-corrected chi connectivity index (χ4v) is 2.17. The van der Waals surface area contributed by atoms with Crippen molar-refractivity contribution in [3.8, 4) is 5.69 Å². The van der Waals surface area contributed by atoms with E-state index < -0.39 is 22.3 Å². The fraction of sp³-hybridized carbons (Fsp3) is 0.333. The summed E-state index contributed by atoms with van der Waals surface area (Å²) in [5.74, 6) is -1.21. The minimum atomic E-state index is -1.24. The first kappa shape index (κ1) is 18.0. The third-order valence-electron chi connectivity index (χ3n) is 3.52. The van der Waals surface area contributed by atoms with E-state index in [-0.39, 0.29) is 11.4 Å². The number of nitro benzene ring substituents is 1. The number of carbonyl (C=O) groups is 2. The Balaban J connectivity index is 2.32. The Bertz CT molecular complexity index is 843. The Morgan fingerprint density at radius 2 is 2.04 bits per heavy atom. The topological polar surface area (TPSA) is 129 Å². The molecule has 1 aromatic carbocycles. The highest BCUT2D eigenvalue weighted by Crippen LogP contribution is 2.18. The zero-order valence-corrected chi connectivity index (χ0v) is 14.1. The van der Waals surface area contributed by atoms with Crippen molar-refractivity contribution < 1.29 is 19.2 Å². The molecule has 1 amide bonds. The first-order valence-corrected chi connectivity index (χ1v) is 7.25. The number of hydrogen-bond acceptors (Lipinski definition) is 7. The lowest BCUT2D eigenvalue weighted by molar-refractivity contribution is -0.384. The number of non-ortho nitro benzene ring substituents is 1. The Morgan fingerprint density at radius 1 is 1.36 bits per heavy atom. The van der Waals surface area contributed by atoms with Gasteiger partial charge in [-0.25, -0.2) is 9.48 Å². The van der Waals surface area contributed by atoms with Gasteiger partial charge in [-0.3, -0.25) is 14.9 Å². The van der Waals surface area contributed by atoms with Gasteiger partial charge in [0.15, 0.2) is 5.69 Å². The second kappa shape index (κ2) is 6.67. The molecule has 1 N–H and O–H groups in total. The van der Waals surface area contributed by atoms with Crippen molar-refractivity contribution in [3.63, 3.8) is 0 Å². The molecule has 0 unspecified atom stereocenters. The van der Waals surface area contributed by atoms with Crippen LogP contribution in [0.25, 0.3) is 5.69 Å². The van der Waals surface area contributed by atoms with Crippen molar-refractivity contribution in [2.75, 3.05) is 7.11 Å². The predicted molar refractivity (Wildman–Crippen MR) is 86.3 cm³/mol. The molecule has 2 rings (SSSR count). The normalized spacial score (nSPS) is 11.0. The molecule has 10 heteroatoms.